The molecule has 1 unspecified atom stereocenters. The number of alkyl halides is 1. The first-order chi connectivity index (χ1) is 19.1. The van der Waals surface area contributed by atoms with E-state index in [1.807, 2.05) is 0 Å². The third-order valence-corrected chi connectivity index (χ3v) is 6.81. The van der Waals surface area contributed by atoms with Crippen molar-refractivity contribution >= 4 is 23.3 Å². The average Bonchev–Trinajstić information content (AvgIpc) is 3.70. The van der Waals surface area contributed by atoms with Crippen LogP contribution in [-0.4, -0.2) is 53.1 Å². The number of carbonyl (C=O) groups excluding carboxylic acids is 2. The van der Waals surface area contributed by atoms with Crippen molar-refractivity contribution in [2.75, 3.05) is 31.2 Å². The molecular weight excluding hydrogens is 523 g/mol. The number of halogens is 3. The van der Waals surface area contributed by atoms with Crippen molar-refractivity contribution in [2.24, 2.45) is 0 Å². The van der Waals surface area contributed by atoms with E-state index in [1.165, 1.54) is 48.7 Å². The maximum atomic E-state index is 14.5. The predicted octanol–water partition coefficient (Wildman–Crippen LogP) is 5.19. The van der Waals surface area contributed by atoms with Crippen LogP contribution in [0.2, 0.25) is 0 Å². The minimum atomic E-state index is -0.830. The van der Waals surface area contributed by atoms with Gasteiger partial charge in [0.25, 0.3) is 5.91 Å². The Balaban J connectivity index is 0.000000312. The lowest BCUT2D eigenvalue weighted by Gasteiger charge is -2.15. The predicted molar refractivity (Wildman–Crippen MR) is 146 cm³/mol. The molecule has 3 N–H and O–H groups in total. The minimum Gasteiger partial charge on any atom is -0.491 e. The van der Waals surface area contributed by atoms with Crippen LogP contribution in [0.5, 0.6) is 5.75 Å². The second-order valence-corrected chi connectivity index (χ2v) is 9.61. The Morgan fingerprint density at radius 3 is 2.52 bits per heavy atom. The number of nitrogens with two attached hydrogens (primary N) is 1. The topological polar surface area (TPSA) is 110 Å². The lowest BCUT2D eigenvalue weighted by atomic mass is 10.0. The molecule has 1 atom stereocenters. The zero-order chi connectivity index (χ0) is 29.0. The van der Waals surface area contributed by atoms with Gasteiger partial charge in [-0.2, -0.15) is 0 Å². The summed E-state index contributed by atoms with van der Waals surface area (Å²) in [4.78, 5) is 33.0. The number of nitrogens with zero attached hydrogens (tertiary/aromatic N) is 3. The molecule has 1 aliphatic heterocycles. The van der Waals surface area contributed by atoms with Crippen LogP contribution >= 0.6 is 0 Å². The minimum absolute atomic E-state index is 0.103. The first-order valence-electron chi connectivity index (χ1n) is 12.7. The Hall–Kier alpha value is -4.41. The zero-order valence-corrected chi connectivity index (χ0v) is 22.2. The molecule has 210 valence electrons. The SMILES string of the molecule is C=CC(=O)N1CCC(F)C1.COc1c(N)ncnc1-c1cc(F)cc(NC(=O)c2ccc(C3CC3)cc2F)c1C. The summed E-state index contributed by atoms with van der Waals surface area (Å²) in [6.45, 7) is 5.78. The zero-order valence-electron chi connectivity index (χ0n) is 22.2. The molecule has 2 aromatic carbocycles. The van der Waals surface area contributed by atoms with Gasteiger partial charge in [0.05, 0.1) is 19.2 Å². The van der Waals surface area contributed by atoms with Crippen molar-refractivity contribution < 1.29 is 27.5 Å². The molecule has 2 amide bonds. The van der Waals surface area contributed by atoms with Crippen LogP contribution in [0, 0.1) is 18.6 Å². The van der Waals surface area contributed by atoms with Gasteiger partial charge in [-0.15, -0.1) is 0 Å². The van der Waals surface area contributed by atoms with Crippen LogP contribution in [0.1, 0.15) is 46.7 Å². The number of carbonyl (C=O) groups is 2. The third kappa shape index (κ3) is 6.41. The first kappa shape index (κ1) is 28.6. The highest BCUT2D eigenvalue weighted by atomic mass is 19.1. The second-order valence-electron chi connectivity index (χ2n) is 9.61. The summed E-state index contributed by atoms with van der Waals surface area (Å²) < 4.78 is 46.5. The maximum Gasteiger partial charge on any atom is 0.258 e. The summed E-state index contributed by atoms with van der Waals surface area (Å²) >= 11 is 0. The van der Waals surface area contributed by atoms with Crippen molar-refractivity contribution in [2.45, 2.75) is 38.3 Å². The molecule has 40 heavy (non-hydrogen) atoms. The van der Waals surface area contributed by atoms with Crippen LogP contribution in [0.25, 0.3) is 11.3 Å². The summed E-state index contributed by atoms with van der Waals surface area (Å²) in [6.07, 6.45) is 4.17. The van der Waals surface area contributed by atoms with Gasteiger partial charge in [0.15, 0.2) is 11.6 Å². The highest BCUT2D eigenvalue weighted by Crippen LogP contribution is 2.40. The van der Waals surface area contributed by atoms with Crippen molar-refractivity contribution in [3.05, 3.63) is 77.6 Å². The number of nitrogens with one attached hydrogen (secondary N) is 1. The lowest BCUT2D eigenvalue weighted by Crippen LogP contribution is -2.26. The van der Waals surface area contributed by atoms with Crippen LogP contribution in [0.4, 0.5) is 24.7 Å². The Labute approximate surface area is 230 Å². The fraction of sp³-hybridized carbons (Fsp3) is 0.310. The smallest absolute Gasteiger partial charge is 0.258 e. The van der Waals surface area contributed by atoms with Gasteiger partial charge in [0, 0.05) is 17.8 Å². The molecule has 2 aliphatic rings. The lowest BCUT2D eigenvalue weighted by molar-refractivity contribution is -0.125. The Morgan fingerprint density at radius 1 is 1.18 bits per heavy atom. The highest BCUT2D eigenvalue weighted by molar-refractivity contribution is 6.05. The van der Waals surface area contributed by atoms with Gasteiger partial charge < -0.3 is 20.7 Å². The molecule has 2 fully saturated rings. The van der Waals surface area contributed by atoms with Gasteiger partial charge in [-0.05, 0) is 73.6 Å². The fourth-order valence-electron chi connectivity index (χ4n) is 4.46. The molecule has 0 spiro atoms. The standard InChI is InChI=1S/C22H20F2N4O2.C7H10FNO/c1-11-16(19-20(30-2)21(25)27-10-26-19)8-14(23)9-18(11)28-22(29)15-6-5-13(7-17(15)24)12-3-4-12;1-2-7(10)9-4-3-6(8)5-9/h5-10,12H,3-4H2,1-2H3,(H,28,29)(H2,25,26,27);2,6H,1,3-5H2. The van der Waals surface area contributed by atoms with Gasteiger partial charge in [-0.1, -0.05) is 12.6 Å². The first-order valence-corrected chi connectivity index (χ1v) is 12.7. The van der Waals surface area contributed by atoms with E-state index in [0.717, 1.165) is 18.4 Å². The summed E-state index contributed by atoms with van der Waals surface area (Å²) in [5.41, 5.74) is 8.00. The Kier molecular flexibility index (Phi) is 8.71. The number of rotatable bonds is 6. The molecule has 0 radical (unpaired) electrons. The molecule has 1 saturated carbocycles. The van der Waals surface area contributed by atoms with Crippen molar-refractivity contribution in [1.29, 1.82) is 0 Å². The monoisotopic (exact) mass is 553 g/mol. The van der Waals surface area contributed by atoms with Crippen molar-refractivity contribution in [3.8, 4) is 17.0 Å². The highest BCUT2D eigenvalue weighted by Gasteiger charge is 2.26. The number of ether oxygens (including phenoxy) is 1. The van der Waals surface area contributed by atoms with Crippen LogP contribution in [0.15, 0.2) is 49.3 Å². The van der Waals surface area contributed by atoms with E-state index in [4.69, 9.17) is 10.5 Å². The van der Waals surface area contributed by atoms with E-state index in [9.17, 15) is 22.8 Å². The number of benzene rings is 2. The fourth-order valence-corrected chi connectivity index (χ4v) is 4.46. The molecule has 1 saturated heterocycles. The van der Waals surface area contributed by atoms with E-state index in [1.54, 1.807) is 13.0 Å². The summed E-state index contributed by atoms with van der Waals surface area (Å²) in [6, 6.07) is 7.05. The Morgan fingerprint density at radius 2 is 1.93 bits per heavy atom. The van der Waals surface area contributed by atoms with Crippen molar-refractivity contribution in [1.82, 2.24) is 14.9 Å². The molecule has 8 nitrogen and oxygen atoms in total. The van der Waals surface area contributed by atoms with E-state index in [2.05, 4.69) is 21.9 Å². The average molecular weight is 554 g/mol. The number of methoxy groups -OCH3 is 1. The summed E-state index contributed by atoms with van der Waals surface area (Å²) in [7, 11) is 1.41. The van der Waals surface area contributed by atoms with E-state index < -0.39 is 23.7 Å². The van der Waals surface area contributed by atoms with E-state index in [0.29, 0.717) is 30.0 Å². The normalized spacial score (nSPS) is 16.1. The number of hydrogen-bond acceptors (Lipinski definition) is 6. The van der Waals surface area contributed by atoms with Crippen LogP contribution in [0.3, 0.4) is 0 Å². The second kappa shape index (κ2) is 12.2. The number of aromatic nitrogens is 2. The van der Waals surface area contributed by atoms with Gasteiger partial charge in [-0.25, -0.2) is 23.1 Å². The molecule has 3 aromatic rings. The largest absolute Gasteiger partial charge is 0.491 e. The maximum absolute atomic E-state index is 14.5. The van der Waals surface area contributed by atoms with E-state index >= 15 is 0 Å². The Bertz CT molecular complexity index is 1440. The summed E-state index contributed by atoms with van der Waals surface area (Å²) in [5.74, 6) is -1.35. The number of hydrogen-bond donors (Lipinski definition) is 2. The number of amides is 2. The molecular formula is C29H30F3N5O3. The van der Waals surface area contributed by atoms with Crippen molar-refractivity contribution in [3.63, 3.8) is 0 Å². The van der Waals surface area contributed by atoms with E-state index in [-0.39, 0.29) is 41.0 Å². The molecule has 0 bridgehead atoms. The van der Waals surface area contributed by atoms with Gasteiger partial charge in [0.2, 0.25) is 5.91 Å². The van der Waals surface area contributed by atoms with Crippen LogP contribution in [-0.2, 0) is 4.79 Å². The summed E-state index contributed by atoms with van der Waals surface area (Å²) in [5, 5.41) is 2.60. The molecule has 1 aliphatic carbocycles. The van der Waals surface area contributed by atoms with Gasteiger partial charge >= 0.3 is 0 Å². The molecule has 11 heteroatoms. The van der Waals surface area contributed by atoms with Gasteiger partial charge in [-0.3, -0.25) is 9.59 Å². The molecule has 1 aromatic heterocycles. The quantitative estimate of drug-likeness (QED) is 0.407. The number of nitrogen functional groups attached to an aromatic ring is 1. The van der Waals surface area contributed by atoms with Crippen LogP contribution < -0.4 is 15.8 Å². The molecule has 5 rings (SSSR count). The third-order valence-electron chi connectivity index (χ3n) is 6.81. The van der Waals surface area contributed by atoms with Gasteiger partial charge in [0.1, 0.15) is 29.8 Å². The number of anilines is 2. The number of likely N-dealkylation sites (tertiary alicyclic amines) is 1. The molecule has 2 heterocycles.